The van der Waals surface area contributed by atoms with Crippen LogP contribution in [0.5, 0.6) is 5.75 Å². The molecule has 0 unspecified atom stereocenters. The molecule has 0 spiro atoms. The zero-order chi connectivity index (χ0) is 13.9. The van der Waals surface area contributed by atoms with Crippen molar-refractivity contribution in [2.24, 2.45) is 0 Å². The third-order valence-corrected chi connectivity index (χ3v) is 3.10. The lowest BCUT2D eigenvalue weighted by molar-refractivity contribution is -0.385. The number of carbonyl (C=O) groups is 1. The molecule has 98 valence electrons. The summed E-state index contributed by atoms with van der Waals surface area (Å²) in [5.74, 6) is -1.69. The number of rotatable bonds is 5. The average molecular weight is 296 g/mol. The summed E-state index contributed by atoms with van der Waals surface area (Å²) in [6.07, 6.45) is 0. The molecule has 0 aliphatic heterocycles. The van der Waals surface area contributed by atoms with Crippen LogP contribution in [0.25, 0.3) is 0 Å². The Kier molecular flexibility index (Phi) is 4.09. The molecule has 0 aromatic heterocycles. The molecule has 8 nitrogen and oxygen atoms in total. The number of carboxylic acid groups (broad SMARTS) is 1. The van der Waals surface area contributed by atoms with E-state index >= 15 is 0 Å². The maximum Gasteiger partial charge on any atom is 0.341 e. The number of nitro groups is 1. The second-order valence-corrected chi connectivity index (χ2v) is 5.54. The van der Waals surface area contributed by atoms with Crippen LogP contribution in [0, 0.1) is 10.1 Å². The van der Waals surface area contributed by atoms with Crippen molar-refractivity contribution in [3.8, 4) is 5.75 Å². The fourth-order valence-corrected chi connectivity index (χ4v) is 2.05. The number of halogens is 1. The van der Waals surface area contributed by atoms with Gasteiger partial charge in [-0.1, -0.05) is 0 Å². The maximum atomic E-state index is 11.2. The molecule has 1 aromatic rings. The van der Waals surface area contributed by atoms with Crippen molar-refractivity contribution in [3.05, 3.63) is 28.3 Å². The van der Waals surface area contributed by atoms with Crippen molar-refractivity contribution < 1.29 is 28.0 Å². The van der Waals surface area contributed by atoms with Gasteiger partial charge in [0.1, 0.15) is 10.6 Å². The normalized spacial score (nSPS) is 10.9. The van der Waals surface area contributed by atoms with E-state index in [1.54, 1.807) is 0 Å². The molecule has 0 fully saturated rings. The van der Waals surface area contributed by atoms with Gasteiger partial charge in [-0.3, -0.25) is 10.1 Å². The summed E-state index contributed by atoms with van der Waals surface area (Å²) in [6.45, 7) is -0.794. The summed E-state index contributed by atoms with van der Waals surface area (Å²) < 4.78 is 27.1. The lowest BCUT2D eigenvalue weighted by Crippen LogP contribution is -2.11. The summed E-state index contributed by atoms with van der Waals surface area (Å²) >= 11 is 0. The average Bonchev–Trinajstić information content (AvgIpc) is 2.24. The van der Waals surface area contributed by atoms with Gasteiger partial charge in [-0.25, -0.2) is 13.2 Å². The number of ether oxygens (including phenoxy) is 1. The van der Waals surface area contributed by atoms with Crippen LogP contribution in [0.15, 0.2) is 23.1 Å². The number of non-ortho nitro benzene ring substituents is 1. The van der Waals surface area contributed by atoms with E-state index in [0.29, 0.717) is 6.07 Å². The highest BCUT2D eigenvalue weighted by Crippen LogP contribution is 2.30. The van der Waals surface area contributed by atoms with Crippen LogP contribution in [0.2, 0.25) is 0 Å². The molecule has 10 heteroatoms. The molecule has 1 rings (SSSR count). The van der Waals surface area contributed by atoms with E-state index in [1.165, 1.54) is 0 Å². The first kappa shape index (κ1) is 14.2. The molecule has 0 amide bonds. The first-order valence-electron chi connectivity index (χ1n) is 4.29. The molecule has 18 heavy (non-hydrogen) atoms. The third kappa shape index (κ3) is 3.57. The second-order valence-electron chi connectivity index (χ2n) is 3.01. The minimum absolute atomic E-state index is 0.363. The van der Waals surface area contributed by atoms with Gasteiger partial charge >= 0.3 is 5.97 Å². The third-order valence-electron chi connectivity index (χ3n) is 1.75. The number of aliphatic carboxylic acids is 1. The highest BCUT2D eigenvalue weighted by molar-refractivity contribution is 8.13. The monoisotopic (exact) mass is 295 g/mol. The standard InChI is InChI=1S/C8H6ClNO7S/c9-18(15,16)7-3-5(10(13)14)1-2-6(7)17-4-8(11)12/h1-3H,4H2,(H,11,12). The van der Waals surface area contributed by atoms with Crippen LogP contribution in [0.4, 0.5) is 5.69 Å². The van der Waals surface area contributed by atoms with E-state index in [9.17, 15) is 23.3 Å². The van der Waals surface area contributed by atoms with Crippen molar-refractivity contribution in [1.29, 1.82) is 0 Å². The van der Waals surface area contributed by atoms with Crippen molar-refractivity contribution >= 4 is 31.4 Å². The smallest absolute Gasteiger partial charge is 0.341 e. The van der Waals surface area contributed by atoms with Gasteiger partial charge in [0.15, 0.2) is 6.61 Å². The lowest BCUT2D eigenvalue weighted by atomic mass is 10.3. The van der Waals surface area contributed by atoms with Gasteiger partial charge in [-0.15, -0.1) is 0 Å². The van der Waals surface area contributed by atoms with E-state index in [0.717, 1.165) is 12.1 Å². The van der Waals surface area contributed by atoms with Crippen LogP contribution >= 0.6 is 10.7 Å². The van der Waals surface area contributed by atoms with E-state index in [2.05, 4.69) is 4.74 Å². The Balaban J connectivity index is 3.26. The fourth-order valence-electron chi connectivity index (χ4n) is 1.06. The molecule has 0 saturated carbocycles. The van der Waals surface area contributed by atoms with E-state index in [4.69, 9.17) is 15.8 Å². The highest BCUT2D eigenvalue weighted by Gasteiger charge is 2.21. The minimum atomic E-state index is -4.29. The Morgan fingerprint density at radius 3 is 2.56 bits per heavy atom. The number of carboxylic acids is 1. The second kappa shape index (κ2) is 5.19. The largest absolute Gasteiger partial charge is 0.480 e. The molecule has 0 atom stereocenters. The predicted octanol–water partition coefficient (Wildman–Crippen LogP) is 0.986. The molecular formula is C8H6ClNO7S. The molecule has 1 aromatic carbocycles. The Morgan fingerprint density at radius 2 is 2.11 bits per heavy atom. The van der Waals surface area contributed by atoms with Crippen LogP contribution in [0.3, 0.4) is 0 Å². The predicted molar refractivity (Wildman–Crippen MR) is 59.3 cm³/mol. The Bertz CT molecular complexity index is 597. The Labute approximate surface area is 105 Å². The molecule has 0 heterocycles. The van der Waals surface area contributed by atoms with Gasteiger partial charge in [0.05, 0.1) is 4.92 Å². The van der Waals surface area contributed by atoms with Gasteiger partial charge in [0.2, 0.25) is 0 Å². The summed E-state index contributed by atoms with van der Waals surface area (Å²) in [4.78, 5) is 19.3. The molecule has 0 radical (unpaired) electrons. The summed E-state index contributed by atoms with van der Waals surface area (Å²) in [6, 6.07) is 2.64. The van der Waals surface area contributed by atoms with Crippen LogP contribution in [-0.4, -0.2) is 31.0 Å². The first-order chi connectivity index (χ1) is 8.21. The topological polar surface area (TPSA) is 124 Å². The number of hydrogen-bond acceptors (Lipinski definition) is 6. The molecule has 0 aliphatic carbocycles. The van der Waals surface area contributed by atoms with Gasteiger partial charge in [0, 0.05) is 22.8 Å². The van der Waals surface area contributed by atoms with Crippen LogP contribution in [-0.2, 0) is 13.8 Å². The van der Waals surface area contributed by atoms with Gasteiger partial charge < -0.3 is 9.84 Å². The Morgan fingerprint density at radius 1 is 1.50 bits per heavy atom. The van der Waals surface area contributed by atoms with Gasteiger partial charge in [-0.2, -0.15) is 0 Å². The fraction of sp³-hybridized carbons (Fsp3) is 0.125. The summed E-state index contributed by atoms with van der Waals surface area (Å²) in [5.41, 5.74) is -0.503. The van der Waals surface area contributed by atoms with Crippen LogP contribution < -0.4 is 4.74 Å². The minimum Gasteiger partial charge on any atom is -0.480 e. The van der Waals surface area contributed by atoms with E-state index < -0.39 is 37.1 Å². The lowest BCUT2D eigenvalue weighted by Gasteiger charge is -2.07. The summed E-state index contributed by atoms with van der Waals surface area (Å²) in [5, 5.41) is 18.9. The SMILES string of the molecule is O=C(O)COc1ccc([N+](=O)[O-])cc1S(=O)(=O)Cl. The molecule has 1 N–H and O–H groups in total. The molecule has 0 saturated heterocycles. The maximum absolute atomic E-state index is 11.2. The van der Waals surface area contributed by atoms with Crippen molar-refractivity contribution in [2.45, 2.75) is 4.90 Å². The van der Waals surface area contributed by atoms with E-state index in [-0.39, 0.29) is 5.75 Å². The molecular weight excluding hydrogens is 290 g/mol. The highest BCUT2D eigenvalue weighted by atomic mass is 35.7. The van der Waals surface area contributed by atoms with Crippen molar-refractivity contribution in [2.75, 3.05) is 6.61 Å². The number of benzene rings is 1. The number of nitrogens with zero attached hydrogens (tertiary/aromatic N) is 1. The van der Waals surface area contributed by atoms with Crippen molar-refractivity contribution in [1.82, 2.24) is 0 Å². The zero-order valence-corrected chi connectivity index (χ0v) is 10.1. The molecule has 0 bridgehead atoms. The first-order valence-corrected chi connectivity index (χ1v) is 6.60. The van der Waals surface area contributed by atoms with Gasteiger partial charge in [0.25, 0.3) is 14.7 Å². The quantitative estimate of drug-likeness (QED) is 0.488. The molecule has 0 aliphatic rings. The van der Waals surface area contributed by atoms with Crippen molar-refractivity contribution in [3.63, 3.8) is 0 Å². The number of nitro benzene ring substituents is 1. The zero-order valence-electron chi connectivity index (χ0n) is 8.57. The van der Waals surface area contributed by atoms with Crippen LogP contribution in [0.1, 0.15) is 0 Å². The Hall–Kier alpha value is -1.87. The van der Waals surface area contributed by atoms with E-state index in [1.807, 2.05) is 0 Å². The van der Waals surface area contributed by atoms with Gasteiger partial charge in [-0.05, 0) is 6.07 Å². The summed E-state index contributed by atoms with van der Waals surface area (Å²) in [7, 11) is 0.790. The number of hydrogen-bond donors (Lipinski definition) is 1.